The van der Waals surface area contributed by atoms with Gasteiger partial charge in [-0.15, -0.1) is 0 Å². The van der Waals surface area contributed by atoms with Crippen LogP contribution >= 0.6 is 0 Å². The van der Waals surface area contributed by atoms with E-state index < -0.39 is 0 Å². The molecule has 1 aliphatic heterocycles. The molecule has 3 aliphatic rings. The van der Waals surface area contributed by atoms with Crippen LogP contribution in [-0.2, 0) is 11.2 Å². The van der Waals surface area contributed by atoms with Gasteiger partial charge in [0.1, 0.15) is 0 Å². The van der Waals surface area contributed by atoms with E-state index in [4.69, 9.17) is 0 Å². The molecule has 1 aromatic carbocycles. The summed E-state index contributed by atoms with van der Waals surface area (Å²) in [5.74, 6) is 1.29. The van der Waals surface area contributed by atoms with E-state index >= 15 is 0 Å². The lowest BCUT2D eigenvalue weighted by Gasteiger charge is -2.47. The van der Waals surface area contributed by atoms with Crippen molar-refractivity contribution in [2.45, 2.75) is 109 Å². The Kier molecular flexibility index (Phi) is 6.83. The summed E-state index contributed by atoms with van der Waals surface area (Å²) in [5, 5.41) is 4.90. The van der Waals surface area contributed by atoms with E-state index in [1.807, 2.05) is 0 Å². The van der Waals surface area contributed by atoms with Crippen molar-refractivity contribution in [2.24, 2.45) is 5.92 Å². The van der Waals surface area contributed by atoms with Crippen molar-refractivity contribution < 1.29 is 4.79 Å². The van der Waals surface area contributed by atoms with Crippen molar-refractivity contribution in [3.8, 4) is 0 Å². The zero-order valence-electron chi connectivity index (χ0n) is 21.0. The van der Waals surface area contributed by atoms with Gasteiger partial charge in [0.25, 0.3) is 0 Å². The first kappa shape index (κ1) is 23.0. The number of hydrogen-bond donors (Lipinski definition) is 1. The highest BCUT2D eigenvalue weighted by molar-refractivity contribution is 5.89. The summed E-state index contributed by atoms with van der Waals surface area (Å²) in [4.78, 5) is 15.7. The van der Waals surface area contributed by atoms with Crippen LogP contribution in [0.3, 0.4) is 0 Å². The van der Waals surface area contributed by atoms with E-state index in [2.05, 4.69) is 60.0 Å². The number of likely N-dealkylation sites (tertiary alicyclic amines) is 1. The third kappa shape index (κ3) is 4.60. The van der Waals surface area contributed by atoms with Gasteiger partial charge in [0.05, 0.1) is 0 Å². The van der Waals surface area contributed by atoms with Gasteiger partial charge in [-0.3, -0.25) is 9.69 Å². The first-order valence-corrected chi connectivity index (χ1v) is 13.7. The molecule has 180 valence electrons. The third-order valence-electron chi connectivity index (χ3n) is 8.61. The van der Waals surface area contributed by atoms with Gasteiger partial charge in [-0.1, -0.05) is 44.7 Å². The summed E-state index contributed by atoms with van der Waals surface area (Å²) in [5.41, 5.74) is 4.47. The van der Waals surface area contributed by atoms with Gasteiger partial charge in [0.15, 0.2) is 0 Å². The lowest BCUT2D eigenvalue weighted by molar-refractivity contribution is -0.123. The molecule has 0 unspecified atom stereocenters. The number of piperidine rings is 1. The van der Waals surface area contributed by atoms with Crippen molar-refractivity contribution >= 4 is 16.8 Å². The Bertz CT molecular complexity index is 971. The zero-order valence-corrected chi connectivity index (χ0v) is 21.0. The van der Waals surface area contributed by atoms with E-state index in [9.17, 15) is 4.79 Å². The van der Waals surface area contributed by atoms with E-state index in [0.29, 0.717) is 42.3 Å². The number of rotatable bonds is 7. The molecule has 2 heterocycles. The number of fused-ring (bicyclic) bond motifs is 2. The lowest BCUT2D eigenvalue weighted by atomic mass is 9.71. The molecule has 0 spiro atoms. The first-order chi connectivity index (χ1) is 16.0. The van der Waals surface area contributed by atoms with Gasteiger partial charge in [-0.05, 0) is 75.6 Å². The molecule has 0 radical (unpaired) electrons. The minimum absolute atomic E-state index is 0.293. The number of benzene rings is 1. The molecule has 3 atom stereocenters. The molecule has 0 bridgehead atoms. The van der Waals surface area contributed by atoms with Crippen molar-refractivity contribution in [3.05, 3.63) is 35.5 Å². The van der Waals surface area contributed by atoms with Gasteiger partial charge in [-0.25, -0.2) is 0 Å². The fourth-order valence-corrected chi connectivity index (χ4v) is 7.02. The Balaban J connectivity index is 1.39. The number of hydrogen-bond acceptors (Lipinski definition) is 2. The quantitative estimate of drug-likeness (QED) is 0.547. The Morgan fingerprint density at radius 3 is 2.76 bits per heavy atom. The van der Waals surface area contributed by atoms with Gasteiger partial charge in [0, 0.05) is 54.1 Å². The molecule has 4 heteroatoms. The number of nitrogens with one attached hydrogen (secondary N) is 1. The highest BCUT2D eigenvalue weighted by Gasteiger charge is 2.41. The molecular weight excluding hydrogens is 406 g/mol. The lowest BCUT2D eigenvalue weighted by Crippen LogP contribution is -2.51. The monoisotopic (exact) mass is 449 g/mol. The van der Waals surface area contributed by atoms with Crippen LogP contribution in [0, 0.1) is 5.92 Å². The second-order valence-electron chi connectivity index (χ2n) is 11.3. The Morgan fingerprint density at radius 1 is 1.18 bits per heavy atom. The summed E-state index contributed by atoms with van der Waals surface area (Å²) in [6.45, 7) is 9.10. The predicted octanol–water partition coefficient (Wildman–Crippen LogP) is 6.19. The molecule has 1 amide bonds. The molecule has 33 heavy (non-hydrogen) atoms. The smallest absolute Gasteiger partial charge is 0.220 e. The molecule has 2 fully saturated rings. The summed E-state index contributed by atoms with van der Waals surface area (Å²) < 4.78 is 2.47. The van der Waals surface area contributed by atoms with Crippen LogP contribution in [0.15, 0.2) is 24.4 Å². The zero-order chi connectivity index (χ0) is 22.9. The predicted molar refractivity (Wildman–Crippen MR) is 137 cm³/mol. The van der Waals surface area contributed by atoms with Crippen molar-refractivity contribution in [1.82, 2.24) is 14.8 Å². The van der Waals surface area contributed by atoms with E-state index in [0.717, 1.165) is 25.9 Å². The fourth-order valence-electron chi connectivity index (χ4n) is 7.02. The summed E-state index contributed by atoms with van der Waals surface area (Å²) in [6.07, 6.45) is 14.1. The normalized spacial score (nSPS) is 26.0. The molecule has 5 rings (SSSR count). The average Bonchev–Trinajstić information content (AvgIpc) is 3.19. The third-order valence-corrected chi connectivity index (χ3v) is 8.61. The maximum Gasteiger partial charge on any atom is 0.220 e. The number of carbonyl (C=O) groups is 1. The standard InChI is InChI=1S/C29H43N3O/c1-4-5-14-31-18-21(16-28(33)30-23-10-7-6-8-11-23)15-25-24-12-9-13-26-29(24)22(17-27(25)31)19-32(26)20(2)3/h9,12-13,19-21,23,25,27H,4-8,10-11,14-18H2,1-3H3,(H,30,33)/t21-,25+,27+/m0/s1. The van der Waals surface area contributed by atoms with E-state index in [-0.39, 0.29) is 0 Å². The van der Waals surface area contributed by atoms with Crippen molar-refractivity contribution in [1.29, 1.82) is 0 Å². The van der Waals surface area contributed by atoms with Crippen LogP contribution in [0.1, 0.15) is 102 Å². The molecule has 2 aliphatic carbocycles. The Hall–Kier alpha value is -1.81. The number of amides is 1. The Morgan fingerprint density at radius 2 is 2.00 bits per heavy atom. The topological polar surface area (TPSA) is 37.3 Å². The minimum atomic E-state index is 0.293. The maximum absolute atomic E-state index is 13.0. The highest BCUT2D eigenvalue weighted by atomic mass is 16.1. The molecule has 4 nitrogen and oxygen atoms in total. The van der Waals surface area contributed by atoms with Gasteiger partial charge >= 0.3 is 0 Å². The first-order valence-electron chi connectivity index (χ1n) is 13.7. The molecule has 1 saturated carbocycles. The molecular formula is C29H43N3O. The molecule has 1 N–H and O–H groups in total. The molecule has 1 aromatic heterocycles. The van der Waals surface area contributed by atoms with Crippen LogP contribution in [0.2, 0.25) is 0 Å². The van der Waals surface area contributed by atoms with Crippen molar-refractivity contribution in [3.63, 3.8) is 0 Å². The average molecular weight is 450 g/mol. The van der Waals surface area contributed by atoms with Crippen molar-refractivity contribution in [2.75, 3.05) is 13.1 Å². The number of unbranched alkanes of at least 4 members (excludes halogenated alkanes) is 1. The van der Waals surface area contributed by atoms with Crippen LogP contribution < -0.4 is 5.32 Å². The number of carbonyl (C=O) groups excluding carboxylic acids is 1. The maximum atomic E-state index is 13.0. The molecule has 2 aromatic rings. The minimum Gasteiger partial charge on any atom is -0.353 e. The summed E-state index contributed by atoms with van der Waals surface area (Å²) in [7, 11) is 0. The molecule has 1 saturated heterocycles. The van der Waals surface area contributed by atoms with Crippen LogP contribution in [0.4, 0.5) is 0 Å². The number of nitrogens with zero attached hydrogens (tertiary/aromatic N) is 2. The Labute approximate surface area is 200 Å². The van der Waals surface area contributed by atoms with E-state index in [1.165, 1.54) is 67.0 Å². The number of aromatic nitrogens is 1. The van der Waals surface area contributed by atoms with Crippen LogP contribution in [0.5, 0.6) is 0 Å². The van der Waals surface area contributed by atoms with Crippen LogP contribution in [0.25, 0.3) is 10.9 Å². The summed E-state index contributed by atoms with van der Waals surface area (Å²) in [6, 6.07) is 8.42. The van der Waals surface area contributed by atoms with E-state index in [1.54, 1.807) is 0 Å². The fraction of sp³-hybridized carbons (Fsp3) is 0.690. The second kappa shape index (κ2) is 9.82. The van der Waals surface area contributed by atoms with Gasteiger partial charge in [-0.2, -0.15) is 0 Å². The van der Waals surface area contributed by atoms with Crippen LogP contribution in [-0.4, -0.2) is 40.5 Å². The second-order valence-corrected chi connectivity index (χ2v) is 11.3. The summed E-state index contributed by atoms with van der Waals surface area (Å²) >= 11 is 0. The SMILES string of the molecule is CCCCN1C[C@H](CC(=O)NC2CCCCC2)C[C@@H]2c3cccc4c3c(cn4C(C)C)C[C@H]21. The van der Waals surface area contributed by atoms with Gasteiger partial charge in [0.2, 0.25) is 5.91 Å². The van der Waals surface area contributed by atoms with Gasteiger partial charge < -0.3 is 9.88 Å². The highest BCUT2D eigenvalue weighted by Crippen LogP contribution is 2.46. The largest absolute Gasteiger partial charge is 0.353 e.